The fourth-order valence-electron chi connectivity index (χ4n) is 4.43. The topological polar surface area (TPSA) is 75.1 Å². The molecule has 0 spiro atoms. The number of rotatable bonds is 9. The van der Waals surface area contributed by atoms with E-state index in [4.69, 9.17) is 0 Å². The number of nitrogens with one attached hydrogen (secondary N) is 2. The number of pyridine rings is 1. The molecule has 0 saturated carbocycles. The highest BCUT2D eigenvalue weighted by molar-refractivity contribution is 7.98. The van der Waals surface area contributed by atoms with E-state index in [2.05, 4.69) is 20.5 Å². The number of aromatic amines is 1. The van der Waals surface area contributed by atoms with E-state index < -0.39 is 0 Å². The molecule has 0 saturated heterocycles. The maximum absolute atomic E-state index is 14.1. The Morgan fingerprint density at radius 3 is 2.77 bits per heavy atom. The van der Waals surface area contributed by atoms with Crippen molar-refractivity contribution in [1.82, 2.24) is 24.9 Å². The van der Waals surface area contributed by atoms with Gasteiger partial charge in [-0.25, -0.2) is 4.39 Å². The van der Waals surface area contributed by atoms with Crippen molar-refractivity contribution in [3.63, 3.8) is 0 Å². The molecule has 3 aromatic heterocycles. The highest BCUT2D eigenvalue weighted by atomic mass is 32.2. The Labute approximate surface area is 207 Å². The summed E-state index contributed by atoms with van der Waals surface area (Å²) in [5, 5.41) is 12.6. The summed E-state index contributed by atoms with van der Waals surface area (Å²) in [7, 11) is 0. The number of benzene rings is 2. The summed E-state index contributed by atoms with van der Waals surface area (Å²) in [5.41, 5.74) is 4.47. The molecule has 6 nitrogen and oxygen atoms in total. The van der Waals surface area contributed by atoms with Gasteiger partial charge >= 0.3 is 0 Å². The molecule has 1 unspecified atom stereocenters. The van der Waals surface area contributed by atoms with Crippen molar-refractivity contribution in [2.24, 2.45) is 0 Å². The van der Waals surface area contributed by atoms with Gasteiger partial charge in [0.05, 0.1) is 6.04 Å². The Bertz CT molecular complexity index is 1460. The van der Waals surface area contributed by atoms with Crippen LogP contribution < -0.4 is 5.32 Å². The molecule has 3 heterocycles. The lowest BCUT2D eigenvalue weighted by Crippen LogP contribution is -2.30. The maximum Gasteiger partial charge on any atom is 0.220 e. The Kier molecular flexibility index (Phi) is 6.81. The first-order valence-corrected chi connectivity index (χ1v) is 13.0. The number of aryl methyl sites for hydroxylation is 1. The van der Waals surface area contributed by atoms with Crippen LogP contribution in [0.1, 0.15) is 30.3 Å². The van der Waals surface area contributed by atoms with Gasteiger partial charge in [-0.3, -0.25) is 9.20 Å². The summed E-state index contributed by atoms with van der Waals surface area (Å²) in [4.78, 5) is 16.6. The van der Waals surface area contributed by atoms with E-state index in [-0.39, 0.29) is 24.2 Å². The quantitative estimate of drug-likeness (QED) is 0.285. The van der Waals surface area contributed by atoms with Crippen molar-refractivity contribution in [2.45, 2.75) is 25.3 Å². The molecule has 0 aliphatic carbocycles. The average Bonchev–Trinajstić information content (AvgIpc) is 3.47. The summed E-state index contributed by atoms with van der Waals surface area (Å²) in [6, 6.07) is 20.1. The van der Waals surface area contributed by atoms with Crippen molar-refractivity contribution in [3.05, 3.63) is 90.1 Å². The zero-order chi connectivity index (χ0) is 24.2. The Balaban J connectivity index is 1.39. The maximum atomic E-state index is 14.1. The van der Waals surface area contributed by atoms with Crippen LogP contribution in [0.4, 0.5) is 4.39 Å². The number of fused-ring (bicyclic) bond motifs is 2. The zero-order valence-corrected chi connectivity index (χ0v) is 20.2. The number of hydrogen-bond acceptors (Lipinski definition) is 4. The second-order valence-electron chi connectivity index (χ2n) is 8.42. The van der Waals surface area contributed by atoms with Crippen molar-refractivity contribution in [3.8, 4) is 11.3 Å². The van der Waals surface area contributed by atoms with Gasteiger partial charge in [-0.2, -0.15) is 11.8 Å². The largest absolute Gasteiger partial charge is 0.354 e. The lowest BCUT2D eigenvalue weighted by atomic mass is 10.0. The van der Waals surface area contributed by atoms with E-state index in [1.54, 1.807) is 17.8 Å². The lowest BCUT2D eigenvalue weighted by molar-refractivity contribution is -0.121. The molecule has 0 bridgehead atoms. The van der Waals surface area contributed by atoms with E-state index >= 15 is 0 Å². The minimum atomic E-state index is -0.294. The third-order valence-electron chi connectivity index (χ3n) is 6.13. The molecule has 0 fully saturated rings. The SMILES string of the molecule is CSCCC(NC(=O)CCc1c(-c2ccccc2)[nH]c2ccc(F)cc12)c1nnc2ccccn12. The van der Waals surface area contributed by atoms with Gasteiger partial charge < -0.3 is 10.3 Å². The number of thioether (sulfide) groups is 1. The highest BCUT2D eigenvalue weighted by Crippen LogP contribution is 2.32. The molecule has 178 valence electrons. The number of carbonyl (C=O) groups is 1. The first-order valence-electron chi connectivity index (χ1n) is 11.6. The van der Waals surface area contributed by atoms with E-state index in [1.807, 2.05) is 65.4 Å². The molecule has 0 aliphatic rings. The van der Waals surface area contributed by atoms with Gasteiger partial charge in [0.15, 0.2) is 11.5 Å². The molecule has 1 amide bonds. The monoisotopic (exact) mass is 487 g/mol. The minimum absolute atomic E-state index is 0.0754. The smallest absolute Gasteiger partial charge is 0.220 e. The molecular weight excluding hydrogens is 461 g/mol. The molecule has 0 aliphatic heterocycles. The van der Waals surface area contributed by atoms with Gasteiger partial charge in [-0.05, 0) is 66.3 Å². The van der Waals surface area contributed by atoms with Gasteiger partial charge in [-0.15, -0.1) is 10.2 Å². The standard InChI is InChI=1S/C27H26FN5OS/c1-35-16-14-23(27-32-31-24-9-5-6-15-33(24)27)29-25(34)13-11-20-21-17-19(28)10-12-22(21)30-26(20)18-7-3-2-4-8-18/h2-10,12,15,17,23,30H,11,13-14,16H2,1H3,(H,29,34). The summed E-state index contributed by atoms with van der Waals surface area (Å²) in [5.74, 6) is 1.24. The van der Waals surface area contributed by atoms with Gasteiger partial charge in [0.2, 0.25) is 5.91 Å². The number of nitrogens with zero attached hydrogens (tertiary/aromatic N) is 3. The van der Waals surface area contributed by atoms with Crippen LogP contribution in [0.25, 0.3) is 27.8 Å². The number of aromatic nitrogens is 4. The van der Waals surface area contributed by atoms with Crippen molar-refractivity contribution >= 4 is 34.2 Å². The summed E-state index contributed by atoms with van der Waals surface area (Å²) >= 11 is 1.73. The Hall–Kier alpha value is -3.65. The molecule has 8 heteroatoms. The van der Waals surface area contributed by atoms with Crippen LogP contribution in [0.15, 0.2) is 72.9 Å². The number of halogens is 1. The lowest BCUT2D eigenvalue weighted by Gasteiger charge is -2.17. The van der Waals surface area contributed by atoms with Gasteiger partial charge in [0.1, 0.15) is 5.82 Å². The molecule has 5 aromatic rings. The van der Waals surface area contributed by atoms with E-state index in [9.17, 15) is 9.18 Å². The van der Waals surface area contributed by atoms with Crippen LogP contribution in [-0.2, 0) is 11.2 Å². The zero-order valence-electron chi connectivity index (χ0n) is 19.4. The first-order chi connectivity index (χ1) is 17.1. The molecule has 5 rings (SSSR count). The summed E-state index contributed by atoms with van der Waals surface area (Å²) < 4.78 is 16.0. The minimum Gasteiger partial charge on any atom is -0.354 e. The second kappa shape index (κ2) is 10.3. The van der Waals surface area contributed by atoms with Crippen LogP contribution in [0.3, 0.4) is 0 Å². The van der Waals surface area contributed by atoms with Crippen molar-refractivity contribution in [2.75, 3.05) is 12.0 Å². The van der Waals surface area contributed by atoms with Crippen LogP contribution >= 0.6 is 11.8 Å². The van der Waals surface area contributed by atoms with Crippen LogP contribution in [0, 0.1) is 5.82 Å². The predicted molar refractivity (Wildman–Crippen MR) is 139 cm³/mol. The van der Waals surface area contributed by atoms with Crippen LogP contribution in [0.5, 0.6) is 0 Å². The Morgan fingerprint density at radius 2 is 1.94 bits per heavy atom. The predicted octanol–water partition coefficient (Wildman–Crippen LogP) is 5.56. The third kappa shape index (κ3) is 4.93. The van der Waals surface area contributed by atoms with E-state index in [1.165, 1.54) is 12.1 Å². The van der Waals surface area contributed by atoms with E-state index in [0.29, 0.717) is 6.42 Å². The molecular formula is C27H26FN5OS. The van der Waals surface area contributed by atoms with E-state index in [0.717, 1.165) is 51.4 Å². The molecule has 1 atom stereocenters. The number of H-pyrrole nitrogens is 1. The first kappa shape index (κ1) is 23.1. The Morgan fingerprint density at radius 1 is 1.11 bits per heavy atom. The summed E-state index contributed by atoms with van der Waals surface area (Å²) in [6.45, 7) is 0. The fourth-order valence-corrected chi connectivity index (χ4v) is 4.91. The number of hydrogen-bond donors (Lipinski definition) is 2. The van der Waals surface area contributed by atoms with Gasteiger partial charge in [0.25, 0.3) is 0 Å². The summed E-state index contributed by atoms with van der Waals surface area (Å²) in [6.07, 6.45) is 5.46. The third-order valence-corrected chi connectivity index (χ3v) is 6.77. The molecule has 0 radical (unpaired) electrons. The fraction of sp³-hybridized carbons (Fsp3) is 0.222. The van der Waals surface area contributed by atoms with Crippen molar-refractivity contribution in [1.29, 1.82) is 0 Å². The van der Waals surface area contributed by atoms with Crippen molar-refractivity contribution < 1.29 is 9.18 Å². The molecule has 35 heavy (non-hydrogen) atoms. The highest BCUT2D eigenvalue weighted by Gasteiger charge is 2.21. The van der Waals surface area contributed by atoms with Gasteiger partial charge in [-0.1, -0.05) is 36.4 Å². The normalized spacial score (nSPS) is 12.3. The number of carbonyl (C=O) groups excluding carboxylic acids is 1. The number of amides is 1. The van der Waals surface area contributed by atoms with Crippen LogP contribution in [-0.4, -0.2) is 37.5 Å². The average molecular weight is 488 g/mol. The second-order valence-corrected chi connectivity index (χ2v) is 9.41. The van der Waals surface area contributed by atoms with Gasteiger partial charge in [0, 0.05) is 29.2 Å². The molecule has 2 aromatic carbocycles. The van der Waals surface area contributed by atoms with Crippen LogP contribution in [0.2, 0.25) is 0 Å². The molecule has 2 N–H and O–H groups in total.